The molecule has 0 aromatic heterocycles. The maximum Gasteiger partial charge on any atom is 0.235 e. The molecule has 0 bridgehead atoms. The molecule has 2 nitrogen and oxygen atoms in total. The molecule has 0 aliphatic rings. The molecule has 4 radical (unpaired) electrons. The molecule has 0 aromatic carbocycles. The average molecular weight is 323 g/mol. The topological polar surface area (TPSA) is 18.5 Å². The van der Waals surface area contributed by atoms with Crippen LogP contribution in [0.25, 0.3) is 0 Å². The zero-order valence-electron chi connectivity index (χ0n) is 12.5. The van der Waals surface area contributed by atoms with Gasteiger partial charge >= 0.3 is 0 Å². The molecule has 0 saturated heterocycles. The van der Waals surface area contributed by atoms with E-state index in [9.17, 15) is 0 Å². The third kappa shape index (κ3) is 10.9. The van der Waals surface area contributed by atoms with Crippen molar-refractivity contribution in [3.8, 4) is 0 Å². The monoisotopic (exact) mass is 322 g/mol. The van der Waals surface area contributed by atoms with Crippen LogP contribution in [0.1, 0.15) is 40.5 Å². The minimum absolute atomic E-state index is 0.332. The fourth-order valence-corrected chi connectivity index (χ4v) is 5.92. The van der Waals surface area contributed by atoms with E-state index >= 15 is 0 Å². The van der Waals surface area contributed by atoms with E-state index in [-0.39, 0.29) is 0 Å². The maximum absolute atomic E-state index is 5.26. The fourth-order valence-electron chi connectivity index (χ4n) is 1.37. The van der Waals surface area contributed by atoms with Crippen LogP contribution in [0.5, 0.6) is 0 Å². The van der Waals surface area contributed by atoms with E-state index in [2.05, 4.69) is 27.7 Å². The third-order valence-electron chi connectivity index (χ3n) is 2.46. The average Bonchev–Trinajstić information content (AvgIpc) is 2.22. The molecule has 0 spiro atoms. The molecule has 6 heteroatoms. The van der Waals surface area contributed by atoms with Crippen molar-refractivity contribution < 1.29 is 8.85 Å². The molecule has 106 valence electrons. The lowest BCUT2D eigenvalue weighted by Crippen LogP contribution is -2.16. The van der Waals surface area contributed by atoms with Crippen LogP contribution in [0.4, 0.5) is 0 Å². The van der Waals surface area contributed by atoms with Crippen molar-refractivity contribution in [1.29, 1.82) is 0 Å². The number of rotatable bonds is 11. The van der Waals surface area contributed by atoms with E-state index in [1.807, 2.05) is 21.6 Å². The van der Waals surface area contributed by atoms with Crippen LogP contribution in [-0.4, -0.2) is 45.3 Å². The molecular weight excluding hydrogens is 296 g/mol. The van der Waals surface area contributed by atoms with Crippen LogP contribution in [-0.2, 0) is 8.85 Å². The second kappa shape index (κ2) is 9.88. The first-order chi connectivity index (χ1) is 8.33. The van der Waals surface area contributed by atoms with Crippen molar-refractivity contribution in [2.75, 3.05) is 25.7 Å². The van der Waals surface area contributed by atoms with Crippen molar-refractivity contribution in [2.45, 2.75) is 50.6 Å². The van der Waals surface area contributed by atoms with Gasteiger partial charge in [0.25, 0.3) is 0 Å². The lowest BCUT2D eigenvalue weighted by molar-refractivity contribution is 0.407. The van der Waals surface area contributed by atoms with Gasteiger partial charge in [-0.25, -0.2) is 0 Å². The summed E-state index contributed by atoms with van der Waals surface area (Å²) in [6.45, 7) is 9.12. The van der Waals surface area contributed by atoms with Crippen molar-refractivity contribution in [2.24, 2.45) is 0 Å². The maximum atomic E-state index is 5.26. The molecule has 0 aliphatic heterocycles. The quantitative estimate of drug-likeness (QED) is 0.324. The SMILES string of the molecule is CO[Si]C(C)(C)CCSSCCC(C)(C)[Si]OC. The minimum atomic E-state index is 0.332. The predicted molar refractivity (Wildman–Crippen MR) is 87.8 cm³/mol. The van der Waals surface area contributed by atoms with Gasteiger partial charge in [0.2, 0.25) is 19.5 Å². The molecule has 0 unspecified atom stereocenters. The van der Waals surface area contributed by atoms with Gasteiger partial charge in [-0.15, -0.1) is 0 Å². The molecule has 0 fully saturated rings. The molecule has 18 heavy (non-hydrogen) atoms. The summed E-state index contributed by atoms with van der Waals surface area (Å²) in [5.74, 6) is 2.42. The van der Waals surface area contributed by atoms with Gasteiger partial charge in [-0.2, -0.15) is 0 Å². The minimum Gasteiger partial charge on any atom is -0.420 e. The summed E-state index contributed by atoms with van der Waals surface area (Å²) in [5.41, 5.74) is 0. The highest BCUT2D eigenvalue weighted by Crippen LogP contribution is 2.35. The second-order valence-corrected chi connectivity index (χ2v) is 12.2. The molecule has 0 saturated carbocycles. The Labute approximate surface area is 126 Å². The molecule has 0 N–H and O–H groups in total. The Morgan fingerprint density at radius 2 is 1.11 bits per heavy atom. The van der Waals surface area contributed by atoms with Crippen LogP contribution in [0.2, 0.25) is 10.1 Å². The van der Waals surface area contributed by atoms with Gasteiger partial charge in [0.15, 0.2) is 0 Å². The van der Waals surface area contributed by atoms with Gasteiger partial charge in [-0.1, -0.05) is 49.3 Å². The Bertz CT molecular complexity index is 192. The fraction of sp³-hybridized carbons (Fsp3) is 1.00. The third-order valence-corrected chi connectivity index (χ3v) is 6.88. The van der Waals surface area contributed by atoms with E-state index in [1.165, 1.54) is 24.3 Å². The van der Waals surface area contributed by atoms with Crippen LogP contribution in [0.15, 0.2) is 0 Å². The predicted octanol–water partition coefficient (Wildman–Crippen LogP) is 4.08. The summed E-state index contributed by atoms with van der Waals surface area (Å²) in [6.07, 6.45) is 2.44. The molecule has 0 amide bonds. The van der Waals surface area contributed by atoms with Crippen molar-refractivity contribution in [3.63, 3.8) is 0 Å². The van der Waals surface area contributed by atoms with Crippen LogP contribution in [0, 0.1) is 0 Å². The molecular formula is C12H26O2S2Si2. The normalized spacial score (nSPS) is 13.0. The van der Waals surface area contributed by atoms with Gasteiger partial charge in [-0.3, -0.25) is 0 Å². The summed E-state index contributed by atoms with van der Waals surface area (Å²) in [7, 11) is 8.78. The molecule has 0 rings (SSSR count). The van der Waals surface area contributed by atoms with E-state index in [0.717, 1.165) is 0 Å². The highest BCUT2D eigenvalue weighted by Gasteiger charge is 2.21. The van der Waals surface area contributed by atoms with Crippen molar-refractivity contribution >= 4 is 41.1 Å². The summed E-state index contributed by atoms with van der Waals surface area (Å²) >= 11 is 0. The summed E-state index contributed by atoms with van der Waals surface area (Å²) in [6, 6.07) is 0. The largest absolute Gasteiger partial charge is 0.420 e. The lowest BCUT2D eigenvalue weighted by atomic mass is 10.1. The van der Waals surface area contributed by atoms with Crippen molar-refractivity contribution in [3.05, 3.63) is 0 Å². The first-order valence-corrected chi connectivity index (χ1v) is 10.5. The Morgan fingerprint density at radius 3 is 1.39 bits per heavy atom. The van der Waals surface area contributed by atoms with E-state index in [1.54, 1.807) is 14.2 Å². The molecule has 0 aliphatic carbocycles. The van der Waals surface area contributed by atoms with Gasteiger partial charge in [0.05, 0.1) is 0 Å². The summed E-state index contributed by atoms with van der Waals surface area (Å²) < 4.78 is 10.5. The summed E-state index contributed by atoms with van der Waals surface area (Å²) in [5, 5.41) is 0.665. The van der Waals surface area contributed by atoms with E-state index in [4.69, 9.17) is 8.85 Å². The molecule has 0 atom stereocenters. The second-order valence-electron chi connectivity index (χ2n) is 5.52. The Kier molecular flexibility index (Phi) is 10.5. The standard InChI is InChI=1S/C12H26O2S2Si2/c1-11(2,17-13-5)7-9-15-16-10-8-12(3,4)18-14-6/h7-10H2,1-6H3. The highest BCUT2D eigenvalue weighted by atomic mass is 33.1. The Hall–Kier alpha value is 1.05. The number of hydrogen-bond acceptors (Lipinski definition) is 4. The smallest absolute Gasteiger partial charge is 0.235 e. The van der Waals surface area contributed by atoms with Gasteiger partial charge in [-0.05, 0) is 22.9 Å². The summed E-state index contributed by atoms with van der Waals surface area (Å²) in [4.78, 5) is 0. The van der Waals surface area contributed by atoms with Gasteiger partial charge in [0, 0.05) is 25.7 Å². The Balaban J connectivity index is 3.52. The van der Waals surface area contributed by atoms with Gasteiger partial charge in [0.1, 0.15) is 0 Å². The van der Waals surface area contributed by atoms with Crippen molar-refractivity contribution in [1.82, 2.24) is 0 Å². The van der Waals surface area contributed by atoms with Crippen LogP contribution in [0.3, 0.4) is 0 Å². The number of hydrogen-bond donors (Lipinski definition) is 0. The van der Waals surface area contributed by atoms with Crippen LogP contribution >= 0.6 is 21.6 Å². The Morgan fingerprint density at radius 1 is 0.778 bits per heavy atom. The zero-order valence-corrected chi connectivity index (χ0v) is 16.1. The van der Waals surface area contributed by atoms with Crippen LogP contribution < -0.4 is 0 Å². The first kappa shape index (κ1) is 19.1. The van der Waals surface area contributed by atoms with E-state index < -0.39 is 0 Å². The lowest BCUT2D eigenvalue weighted by Gasteiger charge is -2.22. The first-order valence-electron chi connectivity index (χ1n) is 6.18. The zero-order chi connectivity index (χ0) is 14.1. The molecule has 0 heterocycles. The van der Waals surface area contributed by atoms with E-state index in [0.29, 0.717) is 29.6 Å². The highest BCUT2D eigenvalue weighted by molar-refractivity contribution is 8.76. The van der Waals surface area contributed by atoms with Gasteiger partial charge < -0.3 is 8.85 Å². The molecule has 0 aromatic rings.